The number of esters is 1. The fraction of sp³-hybridized carbons (Fsp3) is 0.130. The van der Waals surface area contributed by atoms with Crippen LogP contribution in [-0.2, 0) is 17.5 Å². The number of carbonyl (C=O) groups is 4. The van der Waals surface area contributed by atoms with Crippen LogP contribution in [0.4, 0.5) is 13.2 Å². The van der Waals surface area contributed by atoms with Gasteiger partial charge in [0.05, 0.1) is 35.1 Å². The highest BCUT2D eigenvalue weighted by molar-refractivity contribution is 6.21. The number of amides is 2. The molecule has 0 saturated carbocycles. The number of fused-ring (bicyclic) bond motifs is 1. The molecule has 2 heterocycles. The smallest absolute Gasteiger partial charge is 0.416 e. The molecule has 0 unspecified atom stereocenters. The molecule has 0 fully saturated rings. The van der Waals surface area contributed by atoms with Crippen LogP contribution in [0.5, 0.6) is 0 Å². The van der Waals surface area contributed by atoms with Crippen LogP contribution in [0.3, 0.4) is 0 Å². The van der Waals surface area contributed by atoms with Crippen molar-refractivity contribution in [3.63, 3.8) is 0 Å². The lowest BCUT2D eigenvalue weighted by Gasteiger charge is -2.11. The van der Waals surface area contributed by atoms with Gasteiger partial charge in [-0.1, -0.05) is 12.1 Å². The fourth-order valence-corrected chi connectivity index (χ4v) is 3.29. The minimum Gasteiger partial charge on any atom is -0.467 e. The first-order valence-electron chi connectivity index (χ1n) is 9.55. The van der Waals surface area contributed by atoms with Crippen molar-refractivity contribution in [2.45, 2.75) is 12.7 Å². The Morgan fingerprint density at radius 1 is 0.909 bits per heavy atom. The summed E-state index contributed by atoms with van der Waals surface area (Å²) in [5.41, 5.74) is -1.26. The van der Waals surface area contributed by atoms with Gasteiger partial charge in [0, 0.05) is 5.56 Å². The molecule has 0 bridgehead atoms. The Balaban J connectivity index is 1.45. The topological polar surface area (TPSA) is 93.9 Å². The lowest BCUT2D eigenvalue weighted by Crippen LogP contribution is -2.28. The second kappa shape index (κ2) is 8.38. The van der Waals surface area contributed by atoms with E-state index in [0.717, 1.165) is 17.0 Å². The summed E-state index contributed by atoms with van der Waals surface area (Å²) in [6.07, 6.45) is -3.21. The summed E-state index contributed by atoms with van der Waals surface area (Å²) in [5, 5.41) is 0. The van der Waals surface area contributed by atoms with Gasteiger partial charge in [-0.25, -0.2) is 4.79 Å². The predicted molar refractivity (Wildman–Crippen MR) is 105 cm³/mol. The van der Waals surface area contributed by atoms with Gasteiger partial charge in [0.2, 0.25) is 0 Å². The SMILES string of the molecule is O=C(COC(=O)c1ccc2c(c1)C(=O)N(Cc1ccco1)C2=O)c1cccc(C(F)(F)F)c1. The molecule has 168 valence electrons. The van der Waals surface area contributed by atoms with Crippen molar-refractivity contribution in [2.24, 2.45) is 0 Å². The number of hydrogen-bond donors (Lipinski definition) is 0. The zero-order valence-electron chi connectivity index (χ0n) is 16.7. The first-order chi connectivity index (χ1) is 15.6. The lowest BCUT2D eigenvalue weighted by atomic mass is 10.1. The molecule has 7 nitrogen and oxygen atoms in total. The number of carbonyl (C=O) groups excluding carboxylic acids is 4. The largest absolute Gasteiger partial charge is 0.467 e. The number of furan rings is 1. The van der Waals surface area contributed by atoms with Gasteiger partial charge in [-0.2, -0.15) is 13.2 Å². The van der Waals surface area contributed by atoms with Crippen molar-refractivity contribution in [2.75, 3.05) is 6.61 Å². The number of Topliss-reactive ketones (excluding diaryl/α,β-unsaturated/α-hetero) is 1. The Labute approximate surface area is 184 Å². The summed E-state index contributed by atoms with van der Waals surface area (Å²) in [4.78, 5) is 50.6. The van der Waals surface area contributed by atoms with Crippen molar-refractivity contribution in [3.8, 4) is 0 Å². The lowest BCUT2D eigenvalue weighted by molar-refractivity contribution is -0.137. The molecule has 1 aliphatic rings. The molecule has 4 rings (SSSR count). The third-order valence-electron chi connectivity index (χ3n) is 4.95. The van der Waals surface area contributed by atoms with Gasteiger partial charge in [-0.05, 0) is 42.5 Å². The molecule has 0 saturated heterocycles. The normalized spacial score (nSPS) is 13.2. The first kappa shape index (κ1) is 22.0. The number of rotatable bonds is 6. The molecule has 0 spiro atoms. The van der Waals surface area contributed by atoms with Crippen LogP contribution in [0.2, 0.25) is 0 Å². The maximum atomic E-state index is 12.8. The monoisotopic (exact) mass is 457 g/mol. The van der Waals surface area contributed by atoms with Crippen LogP contribution in [0, 0.1) is 0 Å². The second-order valence-corrected chi connectivity index (χ2v) is 7.11. The van der Waals surface area contributed by atoms with Crippen LogP contribution in [0.25, 0.3) is 0 Å². The first-order valence-corrected chi connectivity index (χ1v) is 9.55. The van der Waals surface area contributed by atoms with Crippen molar-refractivity contribution in [1.29, 1.82) is 0 Å². The van der Waals surface area contributed by atoms with Crippen LogP contribution in [-0.4, -0.2) is 35.1 Å². The summed E-state index contributed by atoms with van der Waals surface area (Å²) in [6.45, 7) is -0.876. The Morgan fingerprint density at radius 3 is 2.36 bits per heavy atom. The molecular weight excluding hydrogens is 443 g/mol. The third-order valence-corrected chi connectivity index (χ3v) is 4.95. The van der Waals surface area contributed by atoms with Gasteiger partial charge in [0.15, 0.2) is 12.4 Å². The van der Waals surface area contributed by atoms with E-state index in [1.807, 2.05) is 0 Å². The van der Waals surface area contributed by atoms with E-state index in [1.54, 1.807) is 12.1 Å². The maximum Gasteiger partial charge on any atom is 0.416 e. The Hall–Kier alpha value is -4.21. The van der Waals surface area contributed by atoms with Crippen molar-refractivity contribution in [1.82, 2.24) is 4.90 Å². The van der Waals surface area contributed by atoms with E-state index in [9.17, 15) is 32.3 Å². The number of hydrogen-bond acceptors (Lipinski definition) is 6. The van der Waals surface area contributed by atoms with Gasteiger partial charge < -0.3 is 9.15 Å². The number of imide groups is 1. The number of ether oxygens (including phenoxy) is 1. The summed E-state index contributed by atoms with van der Waals surface area (Å²) >= 11 is 0. The van der Waals surface area contributed by atoms with E-state index in [-0.39, 0.29) is 28.8 Å². The van der Waals surface area contributed by atoms with Gasteiger partial charge in [0.1, 0.15) is 5.76 Å². The van der Waals surface area contributed by atoms with E-state index < -0.39 is 41.9 Å². The Morgan fingerprint density at radius 2 is 1.67 bits per heavy atom. The van der Waals surface area contributed by atoms with Crippen LogP contribution >= 0.6 is 0 Å². The highest BCUT2D eigenvalue weighted by Crippen LogP contribution is 2.30. The van der Waals surface area contributed by atoms with Crippen LogP contribution in [0.15, 0.2) is 65.3 Å². The summed E-state index contributed by atoms with van der Waals surface area (Å²) in [6, 6.07) is 10.7. The average Bonchev–Trinajstić information content (AvgIpc) is 3.39. The fourth-order valence-electron chi connectivity index (χ4n) is 3.29. The molecule has 3 aromatic rings. The molecule has 1 aromatic heterocycles. The minimum atomic E-state index is -4.62. The molecule has 0 N–H and O–H groups in total. The summed E-state index contributed by atoms with van der Waals surface area (Å²) in [7, 11) is 0. The van der Waals surface area contributed by atoms with Crippen molar-refractivity contribution in [3.05, 3.63) is 94.4 Å². The van der Waals surface area contributed by atoms with E-state index in [4.69, 9.17) is 9.15 Å². The predicted octanol–water partition coefficient (Wildman–Crippen LogP) is 4.13. The molecule has 2 amide bonds. The zero-order chi connectivity index (χ0) is 23.8. The van der Waals surface area contributed by atoms with Gasteiger partial charge in [0.25, 0.3) is 11.8 Å². The average molecular weight is 457 g/mol. The molecule has 0 radical (unpaired) electrons. The van der Waals surface area contributed by atoms with E-state index in [1.165, 1.54) is 30.5 Å². The van der Waals surface area contributed by atoms with Crippen LogP contribution < -0.4 is 0 Å². The standard InChI is InChI=1S/C23H14F3NO6/c24-23(25,26)15-4-1-3-13(9-15)19(28)12-33-22(31)14-6-7-17-18(10-14)21(30)27(20(17)29)11-16-5-2-8-32-16/h1-10H,11-12H2. The molecule has 33 heavy (non-hydrogen) atoms. The minimum absolute atomic E-state index is 0.00906. The number of nitrogens with zero attached hydrogens (tertiary/aromatic N) is 1. The second-order valence-electron chi connectivity index (χ2n) is 7.11. The molecule has 1 aliphatic heterocycles. The molecule has 10 heteroatoms. The van der Waals surface area contributed by atoms with Crippen molar-refractivity contribution < 1.29 is 41.5 Å². The summed E-state index contributed by atoms with van der Waals surface area (Å²) < 4.78 is 48.5. The van der Waals surface area contributed by atoms with E-state index >= 15 is 0 Å². The highest BCUT2D eigenvalue weighted by Gasteiger charge is 2.36. The molecule has 0 aliphatic carbocycles. The quantitative estimate of drug-likeness (QED) is 0.314. The molecular formula is C23H14F3NO6. The number of ketones is 1. The Kier molecular flexibility index (Phi) is 5.59. The van der Waals surface area contributed by atoms with Gasteiger partial charge in [-0.15, -0.1) is 0 Å². The van der Waals surface area contributed by atoms with E-state index in [0.29, 0.717) is 11.8 Å². The van der Waals surface area contributed by atoms with Gasteiger partial charge >= 0.3 is 12.1 Å². The van der Waals surface area contributed by atoms with Gasteiger partial charge in [-0.3, -0.25) is 19.3 Å². The molecule has 0 atom stereocenters. The van der Waals surface area contributed by atoms with Crippen LogP contribution in [0.1, 0.15) is 52.8 Å². The maximum absolute atomic E-state index is 12.8. The third kappa shape index (κ3) is 4.40. The number of benzene rings is 2. The highest BCUT2D eigenvalue weighted by atomic mass is 19.4. The summed E-state index contributed by atoms with van der Waals surface area (Å²) in [5.74, 6) is -2.57. The van der Waals surface area contributed by atoms with E-state index in [2.05, 4.69) is 0 Å². The number of halogens is 3. The number of alkyl halides is 3. The van der Waals surface area contributed by atoms with Crippen molar-refractivity contribution >= 4 is 23.6 Å². The molecule has 2 aromatic carbocycles. The zero-order valence-corrected chi connectivity index (χ0v) is 16.7. The Bertz CT molecular complexity index is 1260.